The van der Waals surface area contributed by atoms with Gasteiger partial charge < -0.3 is 30.4 Å². The van der Waals surface area contributed by atoms with Gasteiger partial charge in [0.25, 0.3) is 5.91 Å². The monoisotopic (exact) mass is 465 g/mol. The summed E-state index contributed by atoms with van der Waals surface area (Å²) in [6.07, 6.45) is 10.0. The Kier molecular flexibility index (Phi) is 6.35. The third-order valence-electron chi connectivity index (χ3n) is 6.39. The number of aromatic amines is 1. The molecule has 2 bridgehead atoms. The zero-order chi connectivity index (χ0) is 23.5. The summed E-state index contributed by atoms with van der Waals surface area (Å²) in [7, 11) is 1.42. The average molecular weight is 466 g/mol. The van der Waals surface area contributed by atoms with Gasteiger partial charge in [-0.1, -0.05) is 12.5 Å². The van der Waals surface area contributed by atoms with Crippen LogP contribution >= 0.6 is 0 Å². The quantitative estimate of drug-likeness (QED) is 0.552. The summed E-state index contributed by atoms with van der Waals surface area (Å²) in [6.45, 7) is 2.05. The summed E-state index contributed by atoms with van der Waals surface area (Å²) < 4.78 is 25.5. The third kappa shape index (κ3) is 4.31. The van der Waals surface area contributed by atoms with Crippen LogP contribution in [0.3, 0.4) is 0 Å². The topological polar surface area (TPSA) is 99.8 Å². The lowest BCUT2D eigenvalue weighted by atomic mass is 9.92. The standard InChI is InChI=1S/C25H28FN5O3/c1-33-24-16(26)7-4-8-18(24)31-23-17-9-5-10-27-13-19-20(14-28-19)34-11-3-2-6-15-12-29-25(32)21(23)22(15)30-17/h4-5,7-10,13,15,20,28,30-31H,2-3,6,11-12,14H2,1H3,(H,29,32). The maximum atomic E-state index is 14.3. The van der Waals surface area contributed by atoms with Crippen molar-refractivity contribution >= 4 is 29.6 Å². The number of amides is 1. The van der Waals surface area contributed by atoms with E-state index in [1.165, 1.54) is 13.2 Å². The summed E-state index contributed by atoms with van der Waals surface area (Å²) in [5.41, 5.74) is 4.15. The van der Waals surface area contributed by atoms with E-state index in [0.717, 1.165) is 37.2 Å². The Labute approximate surface area is 197 Å². The third-order valence-corrected chi connectivity index (χ3v) is 6.39. The van der Waals surface area contributed by atoms with Crippen LogP contribution in [0.15, 0.2) is 41.2 Å². The summed E-state index contributed by atoms with van der Waals surface area (Å²) in [6, 6.07) is 4.66. The average Bonchev–Trinajstić information content (AvgIpc) is 3.17. The number of carbonyl (C=O) groups excluding carboxylic acids is 1. The number of aliphatic imine (C=N–C) groups is 1. The number of ether oxygens (including phenoxy) is 2. The number of nitrogens with one attached hydrogen (secondary N) is 4. The molecular formula is C25H28FN5O3. The summed E-state index contributed by atoms with van der Waals surface area (Å²) in [5, 5.41) is 9.50. The van der Waals surface area contributed by atoms with E-state index < -0.39 is 5.82 Å². The number of fused-ring (bicyclic) bond motifs is 2. The van der Waals surface area contributed by atoms with Crippen molar-refractivity contribution in [2.45, 2.75) is 31.3 Å². The van der Waals surface area contributed by atoms with Crippen LogP contribution in [0.5, 0.6) is 5.75 Å². The molecule has 1 fully saturated rings. The lowest BCUT2D eigenvalue weighted by molar-refractivity contribution is 0.0442. The lowest BCUT2D eigenvalue weighted by Gasteiger charge is -2.31. The first-order chi connectivity index (χ1) is 16.7. The second kappa shape index (κ2) is 9.72. The number of rotatable bonds is 3. The number of hydrogen-bond acceptors (Lipinski definition) is 6. The number of anilines is 2. The zero-order valence-electron chi connectivity index (χ0n) is 19.0. The van der Waals surface area contributed by atoms with E-state index in [-0.39, 0.29) is 23.7 Å². The van der Waals surface area contributed by atoms with Gasteiger partial charge in [0.05, 0.1) is 35.4 Å². The van der Waals surface area contributed by atoms with Crippen molar-refractivity contribution in [3.8, 4) is 5.75 Å². The van der Waals surface area contributed by atoms with Crippen LogP contribution in [0, 0.1) is 5.82 Å². The molecule has 0 radical (unpaired) electrons. The van der Waals surface area contributed by atoms with Crippen molar-refractivity contribution in [2.75, 3.05) is 32.1 Å². The molecule has 2 atom stereocenters. The highest BCUT2D eigenvalue weighted by Crippen LogP contribution is 2.39. The Hall–Kier alpha value is -3.59. The van der Waals surface area contributed by atoms with Gasteiger partial charge in [-0.3, -0.25) is 9.79 Å². The maximum Gasteiger partial charge on any atom is 0.255 e. The van der Waals surface area contributed by atoms with Crippen LogP contribution in [0.1, 0.15) is 46.9 Å². The molecule has 8 nitrogen and oxygen atoms in total. The van der Waals surface area contributed by atoms with E-state index in [9.17, 15) is 9.18 Å². The molecule has 1 saturated heterocycles. The van der Waals surface area contributed by atoms with E-state index in [0.29, 0.717) is 35.8 Å². The van der Waals surface area contributed by atoms with Crippen LogP contribution < -0.4 is 20.7 Å². The van der Waals surface area contributed by atoms with E-state index in [4.69, 9.17) is 9.47 Å². The Morgan fingerprint density at radius 3 is 2.97 bits per heavy atom. The number of nitrogens with zero attached hydrogens (tertiary/aromatic N) is 1. The Balaban J connectivity index is 1.54. The van der Waals surface area contributed by atoms with Gasteiger partial charge in [0.1, 0.15) is 6.10 Å². The molecule has 9 heteroatoms. The molecule has 2 unspecified atom stereocenters. The normalized spacial score (nSPS) is 22.1. The van der Waals surface area contributed by atoms with Crippen molar-refractivity contribution in [3.63, 3.8) is 0 Å². The van der Waals surface area contributed by atoms with Gasteiger partial charge in [-0.25, -0.2) is 4.39 Å². The van der Waals surface area contributed by atoms with Crippen molar-refractivity contribution < 1.29 is 18.7 Å². The fourth-order valence-electron chi connectivity index (χ4n) is 4.55. The predicted octanol–water partition coefficient (Wildman–Crippen LogP) is 3.83. The first-order valence-electron chi connectivity index (χ1n) is 11.5. The molecule has 4 N–H and O–H groups in total. The van der Waals surface area contributed by atoms with Crippen molar-refractivity contribution in [2.24, 2.45) is 4.99 Å². The van der Waals surface area contributed by atoms with E-state index in [1.54, 1.807) is 30.6 Å². The van der Waals surface area contributed by atoms with Gasteiger partial charge in [0.15, 0.2) is 11.6 Å². The molecule has 5 rings (SSSR count). The molecule has 3 aliphatic rings. The van der Waals surface area contributed by atoms with Crippen LogP contribution in [0.25, 0.3) is 6.08 Å². The molecule has 4 heterocycles. The second-order valence-corrected chi connectivity index (χ2v) is 8.53. The van der Waals surface area contributed by atoms with Crippen LogP contribution in [-0.4, -0.2) is 50.0 Å². The fourth-order valence-corrected chi connectivity index (χ4v) is 4.55. The number of halogens is 1. The number of aromatic nitrogens is 1. The lowest BCUT2D eigenvalue weighted by Crippen LogP contribution is -2.46. The molecule has 178 valence electrons. The number of hydrogen-bond donors (Lipinski definition) is 4. The summed E-state index contributed by atoms with van der Waals surface area (Å²) in [5.74, 6) is -0.407. The van der Waals surface area contributed by atoms with Gasteiger partial charge in [-0.2, -0.15) is 0 Å². The highest BCUT2D eigenvalue weighted by molar-refractivity contribution is 6.05. The smallest absolute Gasteiger partial charge is 0.255 e. The minimum Gasteiger partial charge on any atom is -0.492 e. The summed E-state index contributed by atoms with van der Waals surface area (Å²) in [4.78, 5) is 20.7. The van der Waals surface area contributed by atoms with E-state index in [1.807, 2.05) is 6.08 Å². The maximum absolute atomic E-state index is 14.3. The number of benzene rings is 1. The molecular weight excluding hydrogens is 437 g/mol. The first-order valence-corrected chi connectivity index (χ1v) is 11.5. The van der Waals surface area contributed by atoms with Gasteiger partial charge in [-0.05, 0) is 37.1 Å². The zero-order valence-corrected chi connectivity index (χ0v) is 19.0. The molecule has 1 aromatic carbocycles. The van der Waals surface area contributed by atoms with Crippen LogP contribution in [-0.2, 0) is 4.74 Å². The molecule has 2 aromatic rings. The first kappa shape index (κ1) is 22.2. The fraction of sp³-hybridized carbons (Fsp3) is 0.360. The molecule has 0 spiro atoms. The highest BCUT2D eigenvalue weighted by atomic mass is 19.1. The minimum atomic E-state index is -0.479. The van der Waals surface area contributed by atoms with Crippen molar-refractivity contribution in [1.29, 1.82) is 0 Å². The number of H-pyrrole nitrogens is 1. The molecule has 1 aromatic heterocycles. The van der Waals surface area contributed by atoms with Crippen LogP contribution in [0.2, 0.25) is 0 Å². The molecule has 34 heavy (non-hydrogen) atoms. The van der Waals surface area contributed by atoms with E-state index in [2.05, 4.69) is 25.9 Å². The van der Waals surface area contributed by atoms with Crippen molar-refractivity contribution in [1.82, 2.24) is 15.6 Å². The van der Waals surface area contributed by atoms with Crippen LogP contribution in [0.4, 0.5) is 15.8 Å². The largest absolute Gasteiger partial charge is 0.492 e. The molecule has 0 saturated carbocycles. The van der Waals surface area contributed by atoms with Gasteiger partial charge in [0, 0.05) is 43.7 Å². The van der Waals surface area contributed by atoms with Gasteiger partial charge in [-0.15, -0.1) is 0 Å². The summed E-state index contributed by atoms with van der Waals surface area (Å²) >= 11 is 0. The SMILES string of the molecule is COc1c(F)cccc1Nc1c2[nH]c3c1C(=O)NCC3CCCCOC1CNC1=CN=CC=C2. The Morgan fingerprint density at radius 1 is 1.24 bits per heavy atom. The van der Waals surface area contributed by atoms with Crippen molar-refractivity contribution in [3.05, 3.63) is 58.9 Å². The highest BCUT2D eigenvalue weighted by Gasteiger charge is 2.32. The number of allylic oxidation sites excluding steroid dienone is 1. The molecule has 0 aliphatic carbocycles. The Bertz CT molecular complexity index is 1170. The van der Waals surface area contributed by atoms with E-state index >= 15 is 0 Å². The Morgan fingerprint density at radius 2 is 2.15 bits per heavy atom. The number of methoxy groups -OCH3 is 1. The minimum absolute atomic E-state index is 0.0786. The molecule has 1 amide bonds. The number of carbonyl (C=O) groups is 1. The van der Waals surface area contributed by atoms with Gasteiger partial charge >= 0.3 is 0 Å². The molecule has 3 aliphatic heterocycles. The van der Waals surface area contributed by atoms with Gasteiger partial charge in [0.2, 0.25) is 0 Å². The number of para-hydroxylation sites is 1. The second-order valence-electron chi connectivity index (χ2n) is 8.53. The predicted molar refractivity (Wildman–Crippen MR) is 129 cm³/mol.